The fourth-order valence-corrected chi connectivity index (χ4v) is 2.83. The molecule has 3 rings (SSSR count). The molecule has 1 aromatic carbocycles. The minimum atomic E-state index is 0.675. The highest BCUT2D eigenvalue weighted by molar-refractivity contribution is 6.05. The molecule has 4 nitrogen and oxygen atoms in total. The number of nitrogens with one attached hydrogen (secondary N) is 1. The molecule has 1 N–H and O–H groups in total. The third-order valence-electron chi connectivity index (χ3n) is 4.26. The molecule has 0 radical (unpaired) electrons. The first-order chi connectivity index (χ1) is 10.8. The second kappa shape index (κ2) is 6.77. The Morgan fingerprint density at radius 2 is 2.05 bits per heavy atom. The molecule has 0 aliphatic rings. The summed E-state index contributed by atoms with van der Waals surface area (Å²) in [5, 5.41) is 4.51. The number of anilines is 1. The van der Waals surface area contributed by atoms with Crippen molar-refractivity contribution in [3.63, 3.8) is 0 Å². The third kappa shape index (κ3) is 2.91. The Bertz CT molecular complexity index is 750. The molecule has 1 atom stereocenters. The molecule has 22 heavy (non-hydrogen) atoms. The monoisotopic (exact) mass is 297 g/mol. The largest absolute Gasteiger partial charge is 0.450 e. The van der Waals surface area contributed by atoms with E-state index in [9.17, 15) is 0 Å². The molecule has 2 heterocycles. The second-order valence-electron chi connectivity index (χ2n) is 5.80. The van der Waals surface area contributed by atoms with Gasteiger partial charge in [0.05, 0.1) is 0 Å². The quantitative estimate of drug-likeness (QED) is 0.666. The van der Waals surface area contributed by atoms with Crippen LogP contribution in [-0.4, -0.2) is 16.5 Å². The van der Waals surface area contributed by atoms with E-state index in [0.717, 1.165) is 34.4 Å². The van der Waals surface area contributed by atoms with E-state index in [-0.39, 0.29) is 0 Å². The highest BCUT2D eigenvalue weighted by atomic mass is 16.3. The zero-order valence-corrected chi connectivity index (χ0v) is 13.3. The van der Waals surface area contributed by atoms with E-state index in [0.29, 0.717) is 5.92 Å². The van der Waals surface area contributed by atoms with Gasteiger partial charge in [-0.05, 0) is 24.5 Å². The summed E-state index contributed by atoms with van der Waals surface area (Å²) in [4.78, 5) is 8.75. The highest BCUT2D eigenvalue weighted by Crippen LogP contribution is 2.30. The highest BCUT2D eigenvalue weighted by Gasteiger charge is 2.13. The van der Waals surface area contributed by atoms with Gasteiger partial charge in [-0.3, -0.25) is 0 Å². The van der Waals surface area contributed by atoms with Crippen LogP contribution in [0.3, 0.4) is 0 Å². The summed E-state index contributed by atoms with van der Waals surface area (Å²) in [7, 11) is 0. The number of hydrogen-bond acceptors (Lipinski definition) is 4. The van der Waals surface area contributed by atoms with E-state index >= 15 is 0 Å². The summed E-state index contributed by atoms with van der Waals surface area (Å²) in [6.45, 7) is 5.42. The van der Waals surface area contributed by atoms with Crippen LogP contribution in [0.15, 0.2) is 35.0 Å². The molecule has 0 aliphatic heterocycles. The Morgan fingerprint density at radius 1 is 1.18 bits per heavy atom. The maximum absolute atomic E-state index is 5.94. The molecule has 0 amide bonds. The predicted octanol–water partition coefficient (Wildman–Crippen LogP) is 5.00. The number of aromatic nitrogens is 2. The zero-order chi connectivity index (χ0) is 15.4. The lowest BCUT2D eigenvalue weighted by Gasteiger charge is -2.15. The molecule has 4 heteroatoms. The minimum absolute atomic E-state index is 0.675. The average molecular weight is 297 g/mol. The molecule has 0 spiro atoms. The van der Waals surface area contributed by atoms with Gasteiger partial charge < -0.3 is 9.73 Å². The van der Waals surface area contributed by atoms with Crippen LogP contribution >= 0.6 is 0 Å². The van der Waals surface area contributed by atoms with E-state index in [1.807, 2.05) is 24.3 Å². The van der Waals surface area contributed by atoms with Gasteiger partial charge in [-0.15, -0.1) is 0 Å². The average Bonchev–Trinajstić information content (AvgIpc) is 2.94. The van der Waals surface area contributed by atoms with Gasteiger partial charge >= 0.3 is 0 Å². The molecule has 0 aliphatic carbocycles. The number of nitrogens with zero attached hydrogens (tertiary/aromatic N) is 2. The maximum Gasteiger partial charge on any atom is 0.196 e. The maximum atomic E-state index is 5.94. The summed E-state index contributed by atoms with van der Waals surface area (Å²) in [6, 6.07) is 7.98. The molecule has 0 bridgehead atoms. The first-order valence-corrected chi connectivity index (χ1v) is 8.19. The molecule has 0 unspecified atom stereocenters. The van der Waals surface area contributed by atoms with Gasteiger partial charge in [-0.1, -0.05) is 45.2 Å². The fourth-order valence-electron chi connectivity index (χ4n) is 2.83. The molecule has 3 aromatic rings. The minimum Gasteiger partial charge on any atom is -0.450 e. The van der Waals surface area contributed by atoms with Crippen molar-refractivity contribution in [3.8, 4) is 0 Å². The van der Waals surface area contributed by atoms with Crippen LogP contribution < -0.4 is 5.32 Å². The molecule has 2 aromatic heterocycles. The van der Waals surface area contributed by atoms with Gasteiger partial charge in [-0.25, -0.2) is 9.97 Å². The SMILES string of the molecule is CCCC[C@H](CC)CNc1ncnc2c1oc1ccccc12. The first kappa shape index (κ1) is 14.8. The van der Waals surface area contributed by atoms with Crippen LogP contribution in [0, 0.1) is 5.92 Å². The number of rotatable bonds is 7. The van der Waals surface area contributed by atoms with Gasteiger partial charge in [0, 0.05) is 11.9 Å². The van der Waals surface area contributed by atoms with E-state index in [2.05, 4.69) is 29.1 Å². The zero-order valence-electron chi connectivity index (χ0n) is 13.3. The summed E-state index contributed by atoms with van der Waals surface area (Å²) in [6.07, 6.45) is 6.58. The van der Waals surface area contributed by atoms with Gasteiger partial charge in [0.15, 0.2) is 11.4 Å². The Balaban J connectivity index is 1.84. The van der Waals surface area contributed by atoms with Crippen LogP contribution in [0.25, 0.3) is 22.1 Å². The van der Waals surface area contributed by atoms with Gasteiger partial charge in [0.1, 0.15) is 17.4 Å². The lowest BCUT2D eigenvalue weighted by atomic mass is 9.99. The normalized spacial score (nSPS) is 12.8. The standard InChI is InChI=1S/C18H23N3O/c1-3-5-8-13(4-2)11-19-18-17-16(20-12-21-18)14-9-6-7-10-15(14)22-17/h6-7,9-10,12-13H,3-5,8,11H2,1-2H3,(H,19,20,21)/t13-/m0/s1. The van der Waals surface area contributed by atoms with Crippen molar-refractivity contribution in [2.24, 2.45) is 5.92 Å². The number of hydrogen-bond donors (Lipinski definition) is 1. The van der Waals surface area contributed by atoms with Crippen LogP contribution in [-0.2, 0) is 0 Å². The van der Waals surface area contributed by atoms with E-state index < -0.39 is 0 Å². The van der Waals surface area contributed by atoms with E-state index in [1.165, 1.54) is 25.7 Å². The van der Waals surface area contributed by atoms with Crippen molar-refractivity contribution >= 4 is 27.9 Å². The van der Waals surface area contributed by atoms with Crippen molar-refractivity contribution in [2.45, 2.75) is 39.5 Å². The molecule has 0 saturated heterocycles. The van der Waals surface area contributed by atoms with Crippen molar-refractivity contribution in [3.05, 3.63) is 30.6 Å². The smallest absolute Gasteiger partial charge is 0.196 e. The van der Waals surface area contributed by atoms with E-state index in [1.54, 1.807) is 6.33 Å². The van der Waals surface area contributed by atoms with Gasteiger partial charge in [0.25, 0.3) is 0 Å². The molecular weight excluding hydrogens is 274 g/mol. The van der Waals surface area contributed by atoms with Crippen LogP contribution in [0.4, 0.5) is 5.82 Å². The number of unbranched alkanes of at least 4 members (excludes halogenated alkanes) is 1. The fraction of sp³-hybridized carbons (Fsp3) is 0.444. The van der Waals surface area contributed by atoms with Crippen LogP contribution in [0.1, 0.15) is 39.5 Å². The first-order valence-electron chi connectivity index (χ1n) is 8.19. The summed E-state index contributed by atoms with van der Waals surface area (Å²) in [5.41, 5.74) is 2.50. The summed E-state index contributed by atoms with van der Waals surface area (Å²) >= 11 is 0. The number of benzene rings is 1. The molecule has 116 valence electrons. The molecule has 0 fully saturated rings. The van der Waals surface area contributed by atoms with Gasteiger partial charge in [-0.2, -0.15) is 0 Å². The van der Waals surface area contributed by atoms with Crippen molar-refractivity contribution < 1.29 is 4.42 Å². The Labute approximate surface area is 130 Å². The summed E-state index contributed by atoms with van der Waals surface area (Å²) in [5.74, 6) is 1.48. The summed E-state index contributed by atoms with van der Waals surface area (Å²) < 4.78 is 5.94. The van der Waals surface area contributed by atoms with Crippen molar-refractivity contribution in [2.75, 3.05) is 11.9 Å². The second-order valence-corrected chi connectivity index (χ2v) is 5.80. The number of para-hydroxylation sites is 1. The lowest BCUT2D eigenvalue weighted by molar-refractivity contribution is 0.472. The van der Waals surface area contributed by atoms with E-state index in [4.69, 9.17) is 4.42 Å². The Hall–Kier alpha value is -2.10. The third-order valence-corrected chi connectivity index (χ3v) is 4.26. The molecular formula is C18H23N3O. The lowest BCUT2D eigenvalue weighted by Crippen LogP contribution is -2.14. The van der Waals surface area contributed by atoms with Gasteiger partial charge in [0.2, 0.25) is 0 Å². The van der Waals surface area contributed by atoms with Crippen molar-refractivity contribution in [1.82, 2.24) is 9.97 Å². The number of fused-ring (bicyclic) bond motifs is 3. The number of furan rings is 1. The Kier molecular flexibility index (Phi) is 4.56. The van der Waals surface area contributed by atoms with Crippen molar-refractivity contribution in [1.29, 1.82) is 0 Å². The predicted molar refractivity (Wildman–Crippen MR) is 91.1 cm³/mol. The molecule has 0 saturated carbocycles. The van der Waals surface area contributed by atoms with Crippen LogP contribution in [0.2, 0.25) is 0 Å². The van der Waals surface area contributed by atoms with Crippen LogP contribution in [0.5, 0.6) is 0 Å². The topological polar surface area (TPSA) is 51.0 Å². The Morgan fingerprint density at radius 3 is 2.86 bits per heavy atom.